The van der Waals surface area contributed by atoms with Gasteiger partial charge in [0.2, 0.25) is 0 Å². The summed E-state index contributed by atoms with van der Waals surface area (Å²) >= 11 is 6.14. The van der Waals surface area contributed by atoms with Crippen molar-refractivity contribution in [2.75, 3.05) is 13.7 Å². The van der Waals surface area contributed by atoms with Gasteiger partial charge in [-0.15, -0.1) is 0 Å². The minimum absolute atomic E-state index is 0.0764. The van der Waals surface area contributed by atoms with E-state index < -0.39 is 0 Å². The Hall–Kier alpha value is -1.55. The van der Waals surface area contributed by atoms with Crippen LogP contribution in [0.5, 0.6) is 5.75 Å². The third kappa shape index (κ3) is 4.96. The first-order chi connectivity index (χ1) is 11.2. The van der Waals surface area contributed by atoms with Crippen molar-refractivity contribution >= 4 is 11.6 Å². The molecule has 124 valence electrons. The fourth-order valence-corrected chi connectivity index (χ4v) is 2.94. The zero-order valence-corrected chi connectivity index (χ0v) is 14.4. The lowest BCUT2D eigenvalue weighted by Gasteiger charge is -2.25. The van der Waals surface area contributed by atoms with Gasteiger partial charge in [0.1, 0.15) is 5.75 Å². The molecule has 0 aliphatic rings. The van der Waals surface area contributed by atoms with Gasteiger partial charge in [-0.25, -0.2) is 0 Å². The Morgan fingerprint density at radius 2 is 1.91 bits per heavy atom. The fourth-order valence-electron chi connectivity index (χ4n) is 2.76. The van der Waals surface area contributed by atoms with Crippen molar-refractivity contribution in [2.24, 2.45) is 0 Å². The van der Waals surface area contributed by atoms with Gasteiger partial charge in [0.15, 0.2) is 0 Å². The Labute approximate surface area is 143 Å². The molecule has 23 heavy (non-hydrogen) atoms. The second kappa shape index (κ2) is 8.92. The molecule has 2 N–H and O–H groups in total. The van der Waals surface area contributed by atoms with E-state index in [4.69, 9.17) is 21.4 Å². The summed E-state index contributed by atoms with van der Waals surface area (Å²) in [4.78, 5) is 0. The SMILES string of the molecule is COc1ccc(Cl)cc1C(C)NC(CCCO)c1ccccc1. The highest BCUT2D eigenvalue weighted by Gasteiger charge is 2.18. The van der Waals surface area contributed by atoms with Gasteiger partial charge in [-0.3, -0.25) is 0 Å². The van der Waals surface area contributed by atoms with Crippen LogP contribution in [0.4, 0.5) is 0 Å². The van der Waals surface area contributed by atoms with Crippen molar-refractivity contribution in [1.29, 1.82) is 0 Å². The van der Waals surface area contributed by atoms with Crippen LogP contribution >= 0.6 is 11.6 Å². The Morgan fingerprint density at radius 1 is 1.17 bits per heavy atom. The summed E-state index contributed by atoms with van der Waals surface area (Å²) in [6, 6.07) is 16.2. The van der Waals surface area contributed by atoms with Gasteiger partial charge < -0.3 is 15.2 Å². The molecule has 0 aliphatic heterocycles. The number of nitrogens with one attached hydrogen (secondary N) is 1. The Bertz CT molecular complexity index is 604. The van der Waals surface area contributed by atoms with E-state index >= 15 is 0 Å². The molecule has 2 unspecified atom stereocenters. The number of aliphatic hydroxyl groups is 1. The summed E-state index contributed by atoms with van der Waals surface area (Å²) in [5.74, 6) is 0.823. The van der Waals surface area contributed by atoms with Gasteiger partial charge in [0.05, 0.1) is 7.11 Å². The maximum atomic E-state index is 9.17. The smallest absolute Gasteiger partial charge is 0.123 e. The Kier molecular flexibility index (Phi) is 6.90. The van der Waals surface area contributed by atoms with E-state index in [-0.39, 0.29) is 18.7 Å². The van der Waals surface area contributed by atoms with Gasteiger partial charge in [-0.1, -0.05) is 41.9 Å². The van der Waals surface area contributed by atoms with Crippen LogP contribution in [0.25, 0.3) is 0 Å². The van der Waals surface area contributed by atoms with Crippen molar-refractivity contribution in [2.45, 2.75) is 31.8 Å². The van der Waals surface area contributed by atoms with Crippen LogP contribution in [0.2, 0.25) is 5.02 Å². The molecule has 0 aromatic heterocycles. The molecule has 0 bridgehead atoms. The number of methoxy groups -OCH3 is 1. The number of ether oxygens (including phenoxy) is 1. The lowest BCUT2D eigenvalue weighted by molar-refractivity contribution is 0.272. The zero-order chi connectivity index (χ0) is 16.7. The van der Waals surface area contributed by atoms with Gasteiger partial charge in [0, 0.05) is 29.3 Å². The second-order valence-electron chi connectivity index (χ2n) is 5.60. The average molecular weight is 334 g/mol. The van der Waals surface area contributed by atoms with Crippen LogP contribution in [-0.4, -0.2) is 18.8 Å². The molecule has 0 spiro atoms. The molecule has 0 radical (unpaired) electrons. The summed E-state index contributed by atoms with van der Waals surface area (Å²) < 4.78 is 5.45. The standard InChI is InChI=1S/C19H24ClNO2/c1-14(17-13-16(20)10-11-19(17)23-2)21-18(9-6-12-22)15-7-4-3-5-8-15/h3-5,7-8,10-11,13-14,18,21-22H,6,9,12H2,1-2H3. The highest BCUT2D eigenvalue weighted by molar-refractivity contribution is 6.30. The molecule has 2 rings (SSSR count). The highest BCUT2D eigenvalue weighted by atomic mass is 35.5. The van der Waals surface area contributed by atoms with Crippen molar-refractivity contribution in [1.82, 2.24) is 5.32 Å². The van der Waals surface area contributed by atoms with E-state index in [0.717, 1.165) is 24.2 Å². The largest absolute Gasteiger partial charge is 0.496 e. The van der Waals surface area contributed by atoms with Crippen LogP contribution in [0.15, 0.2) is 48.5 Å². The maximum absolute atomic E-state index is 9.17. The van der Waals surface area contributed by atoms with Gasteiger partial charge in [-0.2, -0.15) is 0 Å². The number of hydrogen-bond donors (Lipinski definition) is 2. The monoisotopic (exact) mass is 333 g/mol. The maximum Gasteiger partial charge on any atom is 0.123 e. The topological polar surface area (TPSA) is 41.5 Å². The van der Waals surface area contributed by atoms with Crippen molar-refractivity contribution < 1.29 is 9.84 Å². The molecule has 0 saturated carbocycles. The van der Waals surface area contributed by atoms with Crippen LogP contribution < -0.4 is 10.1 Å². The third-order valence-electron chi connectivity index (χ3n) is 3.96. The van der Waals surface area contributed by atoms with E-state index in [1.54, 1.807) is 7.11 Å². The van der Waals surface area contributed by atoms with Crippen molar-refractivity contribution in [3.05, 3.63) is 64.7 Å². The Balaban J connectivity index is 2.20. The molecule has 0 saturated heterocycles. The molecule has 2 aromatic carbocycles. The van der Waals surface area contributed by atoms with Crippen molar-refractivity contribution in [3.8, 4) is 5.75 Å². The minimum atomic E-state index is 0.0764. The lowest BCUT2D eigenvalue weighted by atomic mass is 9.99. The van der Waals surface area contributed by atoms with Crippen LogP contribution in [0.1, 0.15) is 43.0 Å². The van der Waals surface area contributed by atoms with Crippen LogP contribution in [-0.2, 0) is 0 Å². The molecular formula is C19H24ClNO2. The summed E-state index contributed by atoms with van der Waals surface area (Å²) in [6.07, 6.45) is 1.62. The molecule has 2 atom stereocenters. The molecular weight excluding hydrogens is 310 g/mol. The van der Waals surface area contributed by atoms with Gasteiger partial charge in [0.25, 0.3) is 0 Å². The summed E-state index contributed by atoms with van der Waals surface area (Å²) in [6.45, 7) is 2.29. The molecule has 0 aliphatic carbocycles. The first-order valence-corrected chi connectivity index (χ1v) is 8.28. The molecule has 0 heterocycles. The van der Waals surface area contributed by atoms with E-state index in [1.165, 1.54) is 5.56 Å². The van der Waals surface area contributed by atoms with E-state index in [1.807, 2.05) is 36.4 Å². The number of hydrogen-bond acceptors (Lipinski definition) is 3. The number of halogens is 1. The number of benzene rings is 2. The third-order valence-corrected chi connectivity index (χ3v) is 4.20. The van der Waals surface area contributed by atoms with E-state index in [9.17, 15) is 0 Å². The molecule has 4 heteroatoms. The van der Waals surface area contributed by atoms with Gasteiger partial charge in [-0.05, 0) is 43.5 Å². The summed E-state index contributed by atoms with van der Waals surface area (Å²) in [5.41, 5.74) is 2.25. The molecule has 2 aromatic rings. The predicted octanol–water partition coefficient (Wildman–Crippen LogP) is 4.51. The summed E-state index contributed by atoms with van der Waals surface area (Å²) in [5, 5.41) is 13.5. The predicted molar refractivity (Wildman–Crippen MR) is 95.1 cm³/mol. The number of aliphatic hydroxyl groups excluding tert-OH is 1. The molecule has 0 fully saturated rings. The number of rotatable bonds is 8. The quantitative estimate of drug-likeness (QED) is 0.746. The Morgan fingerprint density at radius 3 is 2.57 bits per heavy atom. The molecule has 3 nitrogen and oxygen atoms in total. The minimum Gasteiger partial charge on any atom is -0.496 e. The van der Waals surface area contributed by atoms with Gasteiger partial charge >= 0.3 is 0 Å². The first kappa shape index (κ1) is 17.8. The lowest BCUT2D eigenvalue weighted by Crippen LogP contribution is -2.25. The van der Waals surface area contributed by atoms with E-state index in [2.05, 4.69) is 24.4 Å². The summed E-state index contributed by atoms with van der Waals surface area (Å²) in [7, 11) is 1.67. The normalized spacial score (nSPS) is 13.6. The average Bonchev–Trinajstić information content (AvgIpc) is 2.59. The van der Waals surface area contributed by atoms with Crippen LogP contribution in [0, 0.1) is 0 Å². The van der Waals surface area contributed by atoms with E-state index in [0.29, 0.717) is 5.02 Å². The second-order valence-corrected chi connectivity index (χ2v) is 6.04. The fraction of sp³-hybridized carbons (Fsp3) is 0.368. The molecule has 0 amide bonds. The van der Waals surface area contributed by atoms with Crippen LogP contribution in [0.3, 0.4) is 0 Å². The highest BCUT2D eigenvalue weighted by Crippen LogP contribution is 2.30. The first-order valence-electron chi connectivity index (χ1n) is 7.91. The zero-order valence-electron chi connectivity index (χ0n) is 13.6. The van der Waals surface area contributed by atoms with Crippen molar-refractivity contribution in [3.63, 3.8) is 0 Å².